The zero-order valence-corrected chi connectivity index (χ0v) is 7.58. The van der Waals surface area contributed by atoms with Gasteiger partial charge in [-0.3, -0.25) is 4.79 Å². The van der Waals surface area contributed by atoms with E-state index >= 15 is 0 Å². The van der Waals surface area contributed by atoms with Crippen LogP contribution in [0.4, 0.5) is 0 Å². The molecule has 0 radical (unpaired) electrons. The van der Waals surface area contributed by atoms with Crippen molar-refractivity contribution in [3.05, 3.63) is 25.3 Å². The molecule has 2 nitrogen and oxygen atoms in total. The van der Waals surface area contributed by atoms with Crippen LogP contribution in [0.1, 0.15) is 19.8 Å². The molecular formula is C10H16O2. The summed E-state index contributed by atoms with van der Waals surface area (Å²) in [4.78, 5) is 10.5. The van der Waals surface area contributed by atoms with Crippen LogP contribution < -0.4 is 0 Å². The summed E-state index contributed by atoms with van der Waals surface area (Å²) in [5, 5.41) is 0. The minimum atomic E-state index is -0.229. The van der Waals surface area contributed by atoms with Gasteiger partial charge >= 0.3 is 5.97 Å². The second-order valence-electron chi connectivity index (χ2n) is 2.72. The fraction of sp³-hybridized carbons (Fsp3) is 0.500. The lowest BCUT2D eigenvalue weighted by Gasteiger charge is -2.11. The van der Waals surface area contributed by atoms with Gasteiger partial charge in [0.1, 0.15) is 0 Å². The third-order valence-electron chi connectivity index (χ3n) is 1.52. The van der Waals surface area contributed by atoms with Crippen molar-refractivity contribution in [1.82, 2.24) is 0 Å². The van der Waals surface area contributed by atoms with Gasteiger partial charge < -0.3 is 4.74 Å². The van der Waals surface area contributed by atoms with Gasteiger partial charge in [0.25, 0.3) is 0 Å². The molecule has 0 aromatic carbocycles. The maximum Gasteiger partial charge on any atom is 0.302 e. The van der Waals surface area contributed by atoms with E-state index in [4.69, 9.17) is 4.74 Å². The van der Waals surface area contributed by atoms with Gasteiger partial charge in [-0.05, 0) is 18.8 Å². The SMILES string of the molecule is C=CCC(CC=C)COC(C)=O. The van der Waals surface area contributed by atoms with Gasteiger partial charge in [0.05, 0.1) is 6.61 Å². The summed E-state index contributed by atoms with van der Waals surface area (Å²) >= 11 is 0. The largest absolute Gasteiger partial charge is 0.466 e. The molecule has 0 saturated heterocycles. The first-order chi connectivity index (χ1) is 5.70. The molecule has 0 spiro atoms. The molecule has 0 aliphatic heterocycles. The van der Waals surface area contributed by atoms with E-state index in [1.165, 1.54) is 6.92 Å². The maximum atomic E-state index is 10.5. The zero-order chi connectivity index (χ0) is 9.40. The Bertz CT molecular complexity index is 151. The van der Waals surface area contributed by atoms with Crippen LogP contribution in [0.3, 0.4) is 0 Å². The number of allylic oxidation sites excluding steroid dienone is 2. The van der Waals surface area contributed by atoms with E-state index in [9.17, 15) is 4.79 Å². The Balaban J connectivity index is 3.68. The Morgan fingerprint density at radius 3 is 2.25 bits per heavy atom. The van der Waals surface area contributed by atoms with Crippen molar-refractivity contribution >= 4 is 5.97 Å². The number of rotatable bonds is 6. The monoisotopic (exact) mass is 168 g/mol. The Morgan fingerprint density at radius 1 is 1.42 bits per heavy atom. The highest BCUT2D eigenvalue weighted by atomic mass is 16.5. The average molecular weight is 168 g/mol. The quantitative estimate of drug-likeness (QED) is 0.449. The van der Waals surface area contributed by atoms with Crippen molar-refractivity contribution in [3.63, 3.8) is 0 Å². The molecule has 0 heterocycles. The Labute approximate surface area is 73.9 Å². The smallest absolute Gasteiger partial charge is 0.302 e. The van der Waals surface area contributed by atoms with Crippen molar-refractivity contribution in [2.24, 2.45) is 5.92 Å². The highest BCUT2D eigenvalue weighted by molar-refractivity contribution is 5.65. The van der Waals surface area contributed by atoms with Crippen LogP contribution in [-0.4, -0.2) is 12.6 Å². The minimum absolute atomic E-state index is 0.229. The van der Waals surface area contributed by atoms with Gasteiger partial charge in [0.2, 0.25) is 0 Å². The van der Waals surface area contributed by atoms with Crippen molar-refractivity contribution in [2.45, 2.75) is 19.8 Å². The summed E-state index contributed by atoms with van der Waals surface area (Å²) in [7, 11) is 0. The maximum absolute atomic E-state index is 10.5. The number of ether oxygens (including phenoxy) is 1. The normalized spacial score (nSPS) is 9.50. The molecule has 12 heavy (non-hydrogen) atoms. The first-order valence-corrected chi connectivity index (χ1v) is 4.05. The molecular weight excluding hydrogens is 152 g/mol. The summed E-state index contributed by atoms with van der Waals surface area (Å²) in [6.45, 7) is 9.15. The Morgan fingerprint density at radius 2 is 1.92 bits per heavy atom. The van der Waals surface area contributed by atoms with E-state index in [2.05, 4.69) is 13.2 Å². The van der Waals surface area contributed by atoms with Gasteiger partial charge in [0.15, 0.2) is 0 Å². The zero-order valence-electron chi connectivity index (χ0n) is 7.58. The second-order valence-corrected chi connectivity index (χ2v) is 2.72. The second kappa shape index (κ2) is 6.65. The van der Waals surface area contributed by atoms with Crippen LogP contribution in [0.15, 0.2) is 25.3 Å². The first kappa shape index (κ1) is 11.0. The molecule has 0 aliphatic rings. The third-order valence-corrected chi connectivity index (χ3v) is 1.52. The fourth-order valence-electron chi connectivity index (χ4n) is 0.939. The molecule has 0 bridgehead atoms. The van der Waals surface area contributed by atoms with Gasteiger partial charge in [-0.25, -0.2) is 0 Å². The van der Waals surface area contributed by atoms with Gasteiger partial charge in [-0.2, -0.15) is 0 Å². The lowest BCUT2D eigenvalue weighted by molar-refractivity contribution is -0.142. The van der Waals surface area contributed by atoms with Gasteiger partial charge in [-0.15, -0.1) is 13.2 Å². The summed E-state index contributed by atoms with van der Waals surface area (Å²) < 4.78 is 4.87. The van der Waals surface area contributed by atoms with Crippen molar-refractivity contribution < 1.29 is 9.53 Å². The van der Waals surface area contributed by atoms with E-state index in [1.807, 2.05) is 12.2 Å². The standard InChI is InChI=1S/C10H16O2/c1-4-6-10(7-5-2)8-12-9(3)11/h4-5,10H,1-2,6-8H2,3H3. The summed E-state index contributed by atoms with van der Waals surface area (Å²) in [5.41, 5.74) is 0. The molecule has 0 amide bonds. The van der Waals surface area contributed by atoms with Crippen molar-refractivity contribution in [3.8, 4) is 0 Å². The number of hydrogen-bond donors (Lipinski definition) is 0. The molecule has 0 atom stereocenters. The molecule has 0 fully saturated rings. The molecule has 2 heteroatoms. The number of carbonyl (C=O) groups excluding carboxylic acids is 1. The predicted octanol–water partition coefficient (Wildman–Crippen LogP) is 2.32. The Hall–Kier alpha value is -1.05. The van der Waals surface area contributed by atoms with E-state index in [1.54, 1.807) is 0 Å². The molecule has 0 rings (SSSR count). The van der Waals surface area contributed by atoms with Gasteiger partial charge in [-0.1, -0.05) is 12.2 Å². The number of hydrogen-bond acceptors (Lipinski definition) is 2. The number of esters is 1. The number of carbonyl (C=O) groups is 1. The topological polar surface area (TPSA) is 26.3 Å². The molecule has 0 unspecified atom stereocenters. The fourth-order valence-corrected chi connectivity index (χ4v) is 0.939. The van der Waals surface area contributed by atoms with Crippen molar-refractivity contribution in [1.29, 1.82) is 0 Å². The summed E-state index contributed by atoms with van der Waals surface area (Å²) in [6.07, 6.45) is 5.38. The highest BCUT2D eigenvalue weighted by Crippen LogP contribution is 2.10. The lowest BCUT2D eigenvalue weighted by atomic mass is 10.0. The lowest BCUT2D eigenvalue weighted by Crippen LogP contribution is -2.10. The third kappa shape index (κ3) is 5.71. The summed E-state index contributed by atoms with van der Waals surface area (Å²) in [5.74, 6) is 0.108. The molecule has 0 aromatic heterocycles. The van der Waals surface area contributed by atoms with Crippen LogP contribution in [0.25, 0.3) is 0 Å². The first-order valence-electron chi connectivity index (χ1n) is 4.05. The molecule has 0 saturated carbocycles. The van der Waals surface area contributed by atoms with Crippen molar-refractivity contribution in [2.75, 3.05) is 6.61 Å². The van der Waals surface area contributed by atoms with E-state index in [0.29, 0.717) is 12.5 Å². The molecule has 0 aliphatic carbocycles. The average Bonchev–Trinajstić information content (AvgIpc) is 2.01. The Kier molecular flexibility index (Phi) is 6.07. The van der Waals surface area contributed by atoms with Crippen LogP contribution in [0.5, 0.6) is 0 Å². The molecule has 68 valence electrons. The van der Waals surface area contributed by atoms with E-state index in [0.717, 1.165) is 12.8 Å². The van der Waals surface area contributed by atoms with Crippen LogP contribution >= 0.6 is 0 Å². The summed E-state index contributed by atoms with van der Waals surface area (Å²) in [6, 6.07) is 0. The van der Waals surface area contributed by atoms with E-state index in [-0.39, 0.29) is 5.97 Å². The van der Waals surface area contributed by atoms with Crippen LogP contribution in [0.2, 0.25) is 0 Å². The van der Waals surface area contributed by atoms with Crippen LogP contribution in [-0.2, 0) is 9.53 Å². The van der Waals surface area contributed by atoms with Gasteiger partial charge in [0, 0.05) is 6.92 Å². The molecule has 0 aromatic rings. The minimum Gasteiger partial charge on any atom is -0.466 e. The molecule has 0 N–H and O–H groups in total. The van der Waals surface area contributed by atoms with E-state index < -0.39 is 0 Å². The van der Waals surface area contributed by atoms with Crippen LogP contribution in [0, 0.1) is 5.92 Å². The highest BCUT2D eigenvalue weighted by Gasteiger charge is 2.06. The predicted molar refractivity (Wildman–Crippen MR) is 49.8 cm³/mol.